The molecular formula is C19H25N3O2. The predicted octanol–water partition coefficient (Wildman–Crippen LogP) is 3.09. The number of likely N-dealkylation sites (tertiary alicyclic amines) is 1. The third-order valence-electron chi connectivity index (χ3n) is 4.97. The smallest absolute Gasteiger partial charge is 0.272 e. The number of aliphatic hydroxyl groups is 1. The maximum Gasteiger partial charge on any atom is 0.272 e. The zero-order valence-electron chi connectivity index (χ0n) is 14.1. The Bertz CT molecular complexity index is 657. The minimum Gasteiger partial charge on any atom is -0.385 e. The molecule has 1 fully saturated rings. The van der Waals surface area contributed by atoms with Crippen LogP contribution in [0.2, 0.25) is 0 Å². The molecule has 128 valence electrons. The first-order valence-corrected chi connectivity index (χ1v) is 8.71. The van der Waals surface area contributed by atoms with E-state index in [2.05, 4.69) is 16.9 Å². The summed E-state index contributed by atoms with van der Waals surface area (Å²) in [6.07, 6.45) is 7.26. The van der Waals surface area contributed by atoms with E-state index in [0.717, 1.165) is 24.8 Å². The average molecular weight is 327 g/mol. The van der Waals surface area contributed by atoms with Crippen molar-refractivity contribution < 1.29 is 9.90 Å². The fraction of sp³-hybridized carbons (Fsp3) is 0.474. The lowest BCUT2D eigenvalue weighted by Gasteiger charge is -2.44. The lowest BCUT2D eigenvalue weighted by atomic mass is 9.79. The van der Waals surface area contributed by atoms with E-state index in [4.69, 9.17) is 0 Å². The van der Waals surface area contributed by atoms with Crippen molar-refractivity contribution in [2.75, 3.05) is 6.54 Å². The molecule has 2 aromatic rings. The summed E-state index contributed by atoms with van der Waals surface area (Å²) in [5.41, 5.74) is 0.603. The van der Waals surface area contributed by atoms with Gasteiger partial charge in [0, 0.05) is 19.0 Å². The number of imidazole rings is 1. The summed E-state index contributed by atoms with van der Waals surface area (Å²) < 4.78 is 0. The Labute approximate surface area is 142 Å². The molecule has 0 spiro atoms. The minimum atomic E-state index is -0.857. The quantitative estimate of drug-likeness (QED) is 0.886. The molecule has 1 aromatic heterocycles. The number of H-pyrrole nitrogens is 1. The maximum atomic E-state index is 12.8. The second kappa shape index (κ2) is 7.18. The van der Waals surface area contributed by atoms with Crippen molar-refractivity contribution in [1.82, 2.24) is 14.9 Å². The van der Waals surface area contributed by atoms with Crippen LogP contribution in [0.25, 0.3) is 0 Å². The number of nitrogens with zero attached hydrogens (tertiary/aromatic N) is 2. The number of rotatable bonds is 5. The second-order valence-electron chi connectivity index (χ2n) is 6.61. The molecular weight excluding hydrogens is 302 g/mol. The van der Waals surface area contributed by atoms with Crippen molar-refractivity contribution in [2.45, 2.75) is 50.7 Å². The van der Waals surface area contributed by atoms with Gasteiger partial charge in [0.05, 0.1) is 18.1 Å². The van der Waals surface area contributed by atoms with Crippen LogP contribution in [0.3, 0.4) is 0 Å². The molecule has 1 aliphatic heterocycles. The van der Waals surface area contributed by atoms with Crippen LogP contribution >= 0.6 is 0 Å². The monoisotopic (exact) mass is 327 g/mol. The van der Waals surface area contributed by atoms with Gasteiger partial charge in [-0.3, -0.25) is 4.79 Å². The van der Waals surface area contributed by atoms with E-state index in [9.17, 15) is 9.90 Å². The fourth-order valence-electron chi connectivity index (χ4n) is 3.59. The molecule has 5 nitrogen and oxygen atoms in total. The van der Waals surface area contributed by atoms with Crippen LogP contribution in [-0.4, -0.2) is 38.5 Å². The summed E-state index contributed by atoms with van der Waals surface area (Å²) in [5, 5.41) is 11.2. The largest absolute Gasteiger partial charge is 0.385 e. The highest BCUT2D eigenvalue weighted by Crippen LogP contribution is 2.37. The second-order valence-corrected chi connectivity index (χ2v) is 6.61. The number of amides is 1. The third kappa shape index (κ3) is 3.36. The SMILES string of the molecule is CCCCC1CC(O)(c2ccccc2)CCN1C(=O)c1cnc[nH]1. The summed E-state index contributed by atoms with van der Waals surface area (Å²) in [5.74, 6) is -0.0243. The summed E-state index contributed by atoms with van der Waals surface area (Å²) in [6, 6.07) is 9.86. The molecule has 0 radical (unpaired) electrons. The highest BCUT2D eigenvalue weighted by Gasteiger charge is 2.41. The van der Waals surface area contributed by atoms with E-state index in [0.29, 0.717) is 25.1 Å². The van der Waals surface area contributed by atoms with Gasteiger partial charge in [0.1, 0.15) is 5.69 Å². The first-order valence-electron chi connectivity index (χ1n) is 8.71. The molecule has 24 heavy (non-hydrogen) atoms. The molecule has 0 aliphatic carbocycles. The van der Waals surface area contributed by atoms with E-state index in [1.54, 1.807) is 6.20 Å². The molecule has 2 atom stereocenters. The summed E-state index contributed by atoms with van der Waals surface area (Å²) in [4.78, 5) is 21.5. The first-order chi connectivity index (χ1) is 11.6. The van der Waals surface area contributed by atoms with Crippen molar-refractivity contribution in [1.29, 1.82) is 0 Å². The summed E-state index contributed by atoms with van der Waals surface area (Å²) in [6.45, 7) is 2.70. The van der Waals surface area contributed by atoms with Crippen molar-refractivity contribution >= 4 is 5.91 Å². The molecule has 5 heteroatoms. The topological polar surface area (TPSA) is 69.2 Å². The first kappa shape index (κ1) is 16.7. The molecule has 0 saturated carbocycles. The summed E-state index contributed by atoms with van der Waals surface area (Å²) >= 11 is 0. The van der Waals surface area contributed by atoms with Crippen molar-refractivity contribution in [3.05, 3.63) is 54.1 Å². The molecule has 0 bridgehead atoms. The number of nitrogens with one attached hydrogen (secondary N) is 1. The number of carbonyl (C=O) groups excluding carboxylic acids is 1. The molecule has 1 aliphatic rings. The molecule has 2 N–H and O–H groups in total. The summed E-state index contributed by atoms with van der Waals surface area (Å²) in [7, 11) is 0. The van der Waals surface area contributed by atoms with E-state index >= 15 is 0 Å². The van der Waals surface area contributed by atoms with Crippen LogP contribution in [0, 0.1) is 0 Å². The van der Waals surface area contributed by atoms with Gasteiger partial charge in [-0.25, -0.2) is 4.98 Å². The highest BCUT2D eigenvalue weighted by atomic mass is 16.3. The number of aromatic nitrogens is 2. The van der Waals surface area contributed by atoms with E-state index in [1.807, 2.05) is 35.2 Å². The third-order valence-corrected chi connectivity index (χ3v) is 4.97. The minimum absolute atomic E-state index is 0.0243. The number of benzene rings is 1. The number of piperidine rings is 1. The van der Waals surface area contributed by atoms with Gasteiger partial charge < -0.3 is 15.0 Å². The van der Waals surface area contributed by atoms with E-state index in [1.165, 1.54) is 6.33 Å². The lowest BCUT2D eigenvalue weighted by Crippen LogP contribution is -2.51. The Balaban J connectivity index is 1.81. The van der Waals surface area contributed by atoms with Crippen LogP contribution in [0.15, 0.2) is 42.9 Å². The molecule has 1 saturated heterocycles. The maximum absolute atomic E-state index is 12.8. The predicted molar refractivity (Wildman–Crippen MR) is 92.5 cm³/mol. The van der Waals surface area contributed by atoms with Gasteiger partial charge in [0.25, 0.3) is 5.91 Å². The van der Waals surface area contributed by atoms with Crippen molar-refractivity contribution in [3.63, 3.8) is 0 Å². The van der Waals surface area contributed by atoms with Gasteiger partial charge in [0.2, 0.25) is 0 Å². The van der Waals surface area contributed by atoms with Gasteiger partial charge in [-0.15, -0.1) is 0 Å². The van der Waals surface area contributed by atoms with Gasteiger partial charge in [-0.1, -0.05) is 50.1 Å². The van der Waals surface area contributed by atoms with Gasteiger partial charge in [-0.2, -0.15) is 0 Å². The van der Waals surface area contributed by atoms with Gasteiger partial charge >= 0.3 is 0 Å². The Morgan fingerprint density at radius 3 is 2.88 bits per heavy atom. The van der Waals surface area contributed by atoms with Crippen LogP contribution in [0.5, 0.6) is 0 Å². The zero-order valence-corrected chi connectivity index (χ0v) is 14.1. The Morgan fingerprint density at radius 1 is 1.42 bits per heavy atom. The number of carbonyl (C=O) groups is 1. The lowest BCUT2D eigenvalue weighted by molar-refractivity contribution is -0.0458. The Kier molecular flexibility index (Phi) is 5.00. The van der Waals surface area contributed by atoms with Crippen LogP contribution in [0.4, 0.5) is 0 Å². The fourth-order valence-corrected chi connectivity index (χ4v) is 3.59. The Hall–Kier alpha value is -2.14. The van der Waals surface area contributed by atoms with E-state index in [-0.39, 0.29) is 11.9 Å². The Morgan fingerprint density at radius 2 is 2.21 bits per heavy atom. The van der Waals surface area contributed by atoms with Crippen LogP contribution in [0.1, 0.15) is 55.1 Å². The molecule has 2 heterocycles. The molecule has 2 unspecified atom stereocenters. The molecule has 1 amide bonds. The average Bonchev–Trinajstić information content (AvgIpc) is 3.15. The number of aromatic amines is 1. The van der Waals surface area contributed by atoms with Gasteiger partial charge in [-0.05, 0) is 18.4 Å². The zero-order chi connectivity index (χ0) is 17.0. The number of hydrogen-bond donors (Lipinski definition) is 2. The van der Waals surface area contributed by atoms with Gasteiger partial charge in [0.15, 0.2) is 0 Å². The molecule has 1 aromatic carbocycles. The van der Waals surface area contributed by atoms with E-state index < -0.39 is 5.60 Å². The van der Waals surface area contributed by atoms with Crippen LogP contribution < -0.4 is 0 Å². The normalized spacial score (nSPS) is 24.1. The number of hydrogen-bond acceptors (Lipinski definition) is 3. The highest BCUT2D eigenvalue weighted by molar-refractivity contribution is 5.92. The van der Waals surface area contributed by atoms with Crippen molar-refractivity contribution in [2.24, 2.45) is 0 Å². The molecule has 3 rings (SSSR count). The van der Waals surface area contributed by atoms with Crippen molar-refractivity contribution in [3.8, 4) is 0 Å². The van der Waals surface area contributed by atoms with Crippen LogP contribution in [-0.2, 0) is 5.60 Å². The standard InChI is InChI=1S/C19H25N3O2/c1-2-3-9-16-12-19(24,15-7-5-4-6-8-15)10-11-22(16)18(23)17-13-20-14-21-17/h4-8,13-14,16,24H,2-3,9-12H2,1H3,(H,20,21). The number of unbranched alkanes of at least 4 members (excludes halogenated alkanes) is 1.